The van der Waals surface area contributed by atoms with Crippen LogP contribution in [0, 0.1) is 12.7 Å². The molecule has 88 valence electrons. The molecular weight excluding hydrogens is 245 g/mol. The Hall–Kier alpha value is -1.95. The van der Waals surface area contributed by atoms with Crippen molar-refractivity contribution in [3.05, 3.63) is 40.7 Å². The highest BCUT2D eigenvalue weighted by Crippen LogP contribution is 2.29. The Kier molecular flexibility index (Phi) is 3.06. The summed E-state index contributed by atoms with van der Waals surface area (Å²) in [5, 5.41) is 9.03. The molecule has 1 aromatic heterocycles. The third-order valence-electron chi connectivity index (χ3n) is 1.97. The minimum atomic E-state index is -1.05. The van der Waals surface area contributed by atoms with E-state index in [1.165, 1.54) is 18.2 Å². The van der Waals surface area contributed by atoms with Gasteiger partial charge in [0.05, 0.1) is 5.69 Å². The molecule has 1 heterocycles. The summed E-state index contributed by atoms with van der Waals surface area (Å²) >= 11 is 0.913. The van der Waals surface area contributed by atoms with Gasteiger partial charge in [0.25, 0.3) is 5.19 Å². The summed E-state index contributed by atoms with van der Waals surface area (Å²) in [6, 6.07) is 5.57. The van der Waals surface area contributed by atoms with Crippen LogP contribution in [0.1, 0.15) is 15.4 Å². The van der Waals surface area contributed by atoms with E-state index in [0.717, 1.165) is 11.3 Å². The number of hydrogen-bond donors (Lipinski definition) is 1. The SMILES string of the molecule is Cc1nc(Oc2cccc(F)c2)sc1C(=O)O. The molecule has 0 spiro atoms. The monoisotopic (exact) mass is 253 g/mol. The first-order valence-corrected chi connectivity index (χ1v) is 5.52. The average molecular weight is 253 g/mol. The Morgan fingerprint density at radius 1 is 1.53 bits per heavy atom. The summed E-state index contributed by atoms with van der Waals surface area (Å²) < 4.78 is 18.2. The van der Waals surface area contributed by atoms with Crippen molar-refractivity contribution in [2.24, 2.45) is 0 Å². The van der Waals surface area contributed by atoms with Crippen molar-refractivity contribution in [1.82, 2.24) is 4.98 Å². The second-order valence-corrected chi connectivity index (χ2v) is 4.22. The van der Waals surface area contributed by atoms with Crippen LogP contribution in [0.3, 0.4) is 0 Å². The van der Waals surface area contributed by atoms with Crippen molar-refractivity contribution in [1.29, 1.82) is 0 Å². The lowest BCUT2D eigenvalue weighted by Gasteiger charge is -2.00. The maximum Gasteiger partial charge on any atom is 0.347 e. The first-order chi connectivity index (χ1) is 8.06. The van der Waals surface area contributed by atoms with Crippen LogP contribution in [-0.4, -0.2) is 16.1 Å². The molecule has 0 aliphatic carbocycles. The number of carbonyl (C=O) groups is 1. The van der Waals surface area contributed by atoms with E-state index in [0.29, 0.717) is 5.69 Å². The van der Waals surface area contributed by atoms with Crippen LogP contribution in [0.2, 0.25) is 0 Å². The van der Waals surface area contributed by atoms with Gasteiger partial charge in [0.15, 0.2) is 0 Å². The van der Waals surface area contributed by atoms with Gasteiger partial charge in [-0.3, -0.25) is 0 Å². The van der Waals surface area contributed by atoms with E-state index in [1.807, 2.05) is 0 Å². The second kappa shape index (κ2) is 4.50. The van der Waals surface area contributed by atoms with Crippen LogP contribution in [0.5, 0.6) is 10.9 Å². The summed E-state index contributed by atoms with van der Waals surface area (Å²) in [7, 11) is 0. The fourth-order valence-electron chi connectivity index (χ4n) is 1.25. The molecule has 0 saturated carbocycles. The van der Waals surface area contributed by atoms with Crippen LogP contribution in [0.25, 0.3) is 0 Å². The van der Waals surface area contributed by atoms with E-state index in [2.05, 4.69) is 4.98 Å². The molecule has 6 heteroatoms. The molecule has 0 radical (unpaired) electrons. The molecule has 4 nitrogen and oxygen atoms in total. The minimum absolute atomic E-state index is 0.122. The Labute approximate surface area is 100 Å². The smallest absolute Gasteiger partial charge is 0.347 e. The number of benzene rings is 1. The van der Waals surface area contributed by atoms with Gasteiger partial charge in [0, 0.05) is 6.07 Å². The molecule has 0 aliphatic heterocycles. The molecule has 1 N–H and O–H groups in total. The third-order valence-corrected chi connectivity index (χ3v) is 3.00. The number of nitrogens with zero attached hydrogens (tertiary/aromatic N) is 1. The number of hydrogen-bond acceptors (Lipinski definition) is 4. The standard InChI is InChI=1S/C11H8FNO3S/c1-6-9(10(14)15)17-11(13-6)16-8-4-2-3-7(12)5-8/h2-5H,1H3,(H,14,15). The van der Waals surface area contributed by atoms with E-state index in [4.69, 9.17) is 9.84 Å². The summed E-state index contributed by atoms with van der Waals surface area (Å²) in [6.45, 7) is 1.58. The fraction of sp³-hybridized carbons (Fsp3) is 0.0909. The maximum absolute atomic E-state index is 12.9. The lowest BCUT2D eigenvalue weighted by atomic mass is 10.3. The highest BCUT2D eigenvalue weighted by molar-refractivity contribution is 7.15. The van der Waals surface area contributed by atoms with Gasteiger partial charge < -0.3 is 9.84 Å². The predicted octanol–water partition coefficient (Wildman–Crippen LogP) is 3.08. The topological polar surface area (TPSA) is 59.4 Å². The van der Waals surface area contributed by atoms with Gasteiger partial charge in [-0.1, -0.05) is 17.4 Å². The molecule has 0 aliphatic rings. The van der Waals surface area contributed by atoms with Gasteiger partial charge in [-0.05, 0) is 19.1 Å². The Morgan fingerprint density at radius 3 is 2.88 bits per heavy atom. The molecule has 0 bridgehead atoms. The second-order valence-electron chi connectivity index (χ2n) is 3.26. The van der Waals surface area contributed by atoms with Gasteiger partial charge in [-0.25, -0.2) is 14.2 Å². The largest absolute Gasteiger partial charge is 0.477 e. The number of ether oxygens (including phenoxy) is 1. The van der Waals surface area contributed by atoms with Gasteiger partial charge in [-0.2, -0.15) is 0 Å². The van der Waals surface area contributed by atoms with E-state index in [1.54, 1.807) is 13.0 Å². The van der Waals surface area contributed by atoms with Crippen molar-refractivity contribution in [2.45, 2.75) is 6.92 Å². The Bertz CT molecular complexity index is 568. The number of halogens is 1. The Balaban J connectivity index is 2.25. The zero-order valence-electron chi connectivity index (χ0n) is 8.81. The molecule has 1 aromatic carbocycles. The molecule has 0 amide bonds. The maximum atomic E-state index is 12.9. The molecule has 0 saturated heterocycles. The molecule has 0 unspecified atom stereocenters. The van der Waals surface area contributed by atoms with Gasteiger partial charge in [0.1, 0.15) is 16.4 Å². The summed E-state index contributed by atoms with van der Waals surface area (Å²) in [4.78, 5) is 14.9. The first-order valence-electron chi connectivity index (χ1n) is 4.70. The molecular formula is C11H8FNO3S. The number of carboxylic acid groups (broad SMARTS) is 1. The lowest BCUT2D eigenvalue weighted by Crippen LogP contribution is -1.94. The van der Waals surface area contributed by atoms with Crippen molar-refractivity contribution < 1.29 is 19.0 Å². The van der Waals surface area contributed by atoms with Crippen molar-refractivity contribution in [2.75, 3.05) is 0 Å². The third kappa shape index (κ3) is 2.59. The molecule has 17 heavy (non-hydrogen) atoms. The van der Waals surface area contributed by atoms with Crippen LogP contribution in [-0.2, 0) is 0 Å². The first kappa shape index (κ1) is 11.5. The average Bonchev–Trinajstić information content (AvgIpc) is 2.59. The van der Waals surface area contributed by atoms with Crippen molar-refractivity contribution >= 4 is 17.3 Å². The number of thiazole rings is 1. The Morgan fingerprint density at radius 2 is 2.29 bits per heavy atom. The summed E-state index contributed by atoms with van der Waals surface area (Å²) in [5.74, 6) is -1.18. The zero-order chi connectivity index (χ0) is 12.4. The normalized spacial score (nSPS) is 10.2. The van der Waals surface area contributed by atoms with E-state index in [-0.39, 0.29) is 15.8 Å². The number of aryl methyl sites for hydroxylation is 1. The molecule has 0 fully saturated rings. The van der Waals surface area contributed by atoms with Gasteiger partial charge >= 0.3 is 5.97 Å². The van der Waals surface area contributed by atoms with Crippen LogP contribution < -0.4 is 4.74 Å². The molecule has 2 aromatic rings. The van der Waals surface area contributed by atoms with Crippen LogP contribution in [0.15, 0.2) is 24.3 Å². The summed E-state index contributed by atoms with van der Waals surface area (Å²) in [5.41, 5.74) is 0.383. The number of carboxylic acids is 1. The lowest BCUT2D eigenvalue weighted by molar-refractivity contribution is 0.0701. The van der Waals surface area contributed by atoms with Crippen molar-refractivity contribution in [3.63, 3.8) is 0 Å². The zero-order valence-corrected chi connectivity index (χ0v) is 9.62. The number of rotatable bonds is 3. The molecule has 0 atom stereocenters. The molecule has 2 rings (SSSR count). The quantitative estimate of drug-likeness (QED) is 0.913. The highest BCUT2D eigenvalue weighted by Gasteiger charge is 2.15. The fourth-order valence-corrected chi connectivity index (χ4v) is 2.02. The van der Waals surface area contributed by atoms with E-state index >= 15 is 0 Å². The summed E-state index contributed by atoms with van der Waals surface area (Å²) in [6.07, 6.45) is 0. The van der Waals surface area contributed by atoms with E-state index in [9.17, 15) is 9.18 Å². The van der Waals surface area contributed by atoms with Gasteiger partial charge in [0.2, 0.25) is 0 Å². The van der Waals surface area contributed by atoms with Gasteiger partial charge in [-0.15, -0.1) is 0 Å². The van der Waals surface area contributed by atoms with Crippen molar-refractivity contribution in [3.8, 4) is 10.9 Å². The van der Waals surface area contributed by atoms with Crippen LogP contribution in [0.4, 0.5) is 4.39 Å². The van der Waals surface area contributed by atoms with E-state index < -0.39 is 11.8 Å². The predicted molar refractivity (Wildman–Crippen MR) is 60.3 cm³/mol. The highest BCUT2D eigenvalue weighted by atomic mass is 32.1. The van der Waals surface area contributed by atoms with Crippen LogP contribution >= 0.6 is 11.3 Å². The minimum Gasteiger partial charge on any atom is -0.477 e. The number of aromatic carboxylic acids is 1. The number of aromatic nitrogens is 1.